The quantitative estimate of drug-likeness (QED) is 0.127. The maximum absolute atomic E-state index is 14.1. The van der Waals surface area contributed by atoms with Gasteiger partial charge in [-0.3, -0.25) is 4.79 Å². The molecule has 1 heterocycles. The molecule has 4 saturated carbocycles. The number of aliphatic hydroxyl groups is 10. The molecular weight excluding hydrogens is 604 g/mol. The molecule has 0 bridgehead atoms. The summed E-state index contributed by atoms with van der Waals surface area (Å²) in [7, 11) is 0. The van der Waals surface area contributed by atoms with Crippen LogP contribution in [0.4, 0.5) is 0 Å². The number of carbonyl (C=O) groups is 1. The van der Waals surface area contributed by atoms with Crippen LogP contribution in [0.2, 0.25) is 0 Å². The van der Waals surface area contributed by atoms with E-state index in [9.17, 15) is 55.9 Å². The van der Waals surface area contributed by atoms with Crippen molar-refractivity contribution < 1.29 is 65.3 Å². The van der Waals surface area contributed by atoms with Crippen LogP contribution in [0.1, 0.15) is 59.3 Å². The van der Waals surface area contributed by atoms with Gasteiger partial charge in [0.25, 0.3) is 0 Å². The summed E-state index contributed by atoms with van der Waals surface area (Å²) >= 11 is 0. The van der Waals surface area contributed by atoms with Crippen molar-refractivity contribution >= 4 is 5.78 Å². The fourth-order valence-corrected chi connectivity index (χ4v) is 10.9. The summed E-state index contributed by atoms with van der Waals surface area (Å²) in [6.07, 6.45) is -6.93. The molecule has 46 heavy (non-hydrogen) atoms. The molecule has 18 atom stereocenters. The fourth-order valence-electron chi connectivity index (χ4n) is 10.9. The smallest absolute Gasteiger partial charge is 0.186 e. The van der Waals surface area contributed by atoms with Gasteiger partial charge in [0.15, 0.2) is 12.1 Å². The van der Waals surface area contributed by atoms with Gasteiger partial charge in [0.1, 0.15) is 30.0 Å². The van der Waals surface area contributed by atoms with Gasteiger partial charge in [-0.15, -0.1) is 0 Å². The molecule has 13 nitrogen and oxygen atoms in total. The first-order valence-electron chi connectivity index (χ1n) is 16.7. The molecule has 6 aliphatic rings. The van der Waals surface area contributed by atoms with Crippen LogP contribution in [-0.2, 0) is 14.3 Å². The molecule has 0 aromatic rings. The second-order valence-electron chi connectivity index (χ2n) is 16.0. The zero-order valence-electron chi connectivity index (χ0n) is 26.7. The number of hydrogen-bond acceptors (Lipinski definition) is 13. The van der Waals surface area contributed by atoms with Crippen molar-refractivity contribution in [2.75, 3.05) is 19.8 Å². The van der Waals surface area contributed by atoms with Gasteiger partial charge >= 0.3 is 0 Å². The number of ketones is 1. The molecule has 0 aromatic heterocycles. The van der Waals surface area contributed by atoms with E-state index in [0.29, 0.717) is 19.3 Å². The third-order valence-electron chi connectivity index (χ3n) is 13.5. The molecule has 5 aliphatic carbocycles. The van der Waals surface area contributed by atoms with Crippen LogP contribution in [0, 0.1) is 45.8 Å². The molecule has 0 spiro atoms. The Morgan fingerprint density at radius 3 is 2.35 bits per heavy atom. The Hall–Kier alpha value is -1.07. The summed E-state index contributed by atoms with van der Waals surface area (Å²) < 4.78 is 11.1. The first-order chi connectivity index (χ1) is 21.5. The van der Waals surface area contributed by atoms with E-state index in [1.54, 1.807) is 0 Å². The van der Waals surface area contributed by atoms with E-state index >= 15 is 0 Å². The van der Waals surface area contributed by atoms with Crippen molar-refractivity contribution in [3.05, 3.63) is 11.6 Å². The number of allylic oxidation sites excluding steroid dienone is 1. The molecule has 1 saturated heterocycles. The van der Waals surface area contributed by atoms with Crippen LogP contribution in [0.3, 0.4) is 0 Å². The number of aliphatic hydroxyl groups excluding tert-OH is 9. The normalized spacial score (nSPS) is 54.6. The maximum atomic E-state index is 14.1. The summed E-state index contributed by atoms with van der Waals surface area (Å²) in [6.45, 7) is 3.85. The molecule has 0 aromatic carbocycles. The number of fused-ring (bicyclic) bond motifs is 5. The maximum Gasteiger partial charge on any atom is 0.186 e. The van der Waals surface area contributed by atoms with E-state index in [-0.39, 0.29) is 43.6 Å². The zero-order valence-corrected chi connectivity index (χ0v) is 26.7. The Bertz CT molecular complexity index is 1210. The van der Waals surface area contributed by atoms with Gasteiger partial charge in [-0.05, 0) is 62.2 Å². The van der Waals surface area contributed by atoms with E-state index in [1.807, 2.05) is 13.8 Å². The van der Waals surface area contributed by atoms with Crippen molar-refractivity contribution in [1.29, 1.82) is 0 Å². The second kappa shape index (κ2) is 11.8. The highest BCUT2D eigenvalue weighted by Gasteiger charge is 2.71. The monoisotopic (exact) mass is 656 g/mol. The molecule has 262 valence electrons. The minimum absolute atomic E-state index is 0.123. The highest BCUT2D eigenvalue weighted by Crippen LogP contribution is 2.68. The molecule has 0 amide bonds. The molecule has 10 N–H and O–H groups in total. The van der Waals surface area contributed by atoms with Crippen molar-refractivity contribution in [2.24, 2.45) is 45.8 Å². The number of hydrogen-bond donors (Lipinski definition) is 10. The molecule has 6 rings (SSSR count). The van der Waals surface area contributed by atoms with Gasteiger partial charge in [-0.1, -0.05) is 25.5 Å². The topological polar surface area (TPSA) is 238 Å². The summed E-state index contributed by atoms with van der Waals surface area (Å²) in [5.41, 5.74) is -3.78. The third kappa shape index (κ3) is 4.99. The van der Waals surface area contributed by atoms with Crippen LogP contribution < -0.4 is 0 Å². The number of carbonyl (C=O) groups excluding carboxylic acids is 1. The lowest BCUT2D eigenvalue weighted by Crippen LogP contribution is -2.62. The van der Waals surface area contributed by atoms with Crippen molar-refractivity contribution in [3.8, 4) is 0 Å². The largest absolute Gasteiger partial charge is 0.396 e. The van der Waals surface area contributed by atoms with E-state index in [0.717, 1.165) is 5.57 Å². The number of ether oxygens (including phenoxy) is 2. The van der Waals surface area contributed by atoms with E-state index < -0.39 is 108 Å². The van der Waals surface area contributed by atoms with Crippen LogP contribution in [0.5, 0.6) is 0 Å². The lowest BCUT2D eigenvalue weighted by atomic mass is 9.45. The van der Waals surface area contributed by atoms with Crippen LogP contribution in [0.25, 0.3) is 0 Å². The lowest BCUT2D eigenvalue weighted by Gasteiger charge is -2.61. The van der Waals surface area contributed by atoms with Gasteiger partial charge in [0.2, 0.25) is 0 Å². The van der Waals surface area contributed by atoms with Gasteiger partial charge < -0.3 is 60.5 Å². The summed E-state index contributed by atoms with van der Waals surface area (Å²) in [5.74, 6) is -2.95. The fraction of sp³-hybridized carbons (Fsp3) is 0.909. The third-order valence-corrected chi connectivity index (χ3v) is 13.5. The molecular formula is C33H52O13. The average Bonchev–Trinajstić information content (AvgIpc) is 3.64. The first kappa shape index (κ1) is 34.8. The SMILES string of the molecule is C[C@@]12C[C@@H](O)[C@@H]3[C@H](CC=C4C[C@H](O)C[C@H](O)[C@]43C)[C@H]1C[C@H](O)[C@H]2[C@@](C)(O)C(=O)[C@@H]1C[C@]1(CO)CO[C@H]1O[C@@H](CO)[C@H](O)[C@@H](O)[C@@H]1O. The minimum atomic E-state index is -2.03. The van der Waals surface area contributed by atoms with Gasteiger partial charge in [-0.25, -0.2) is 0 Å². The standard InChI is InChI=1S/C33H52O13/c1-30-10-20(38)23-16(5-4-14-6-15(36)7-22(39)31(14,23)2)17(30)8-19(37)27(30)32(3,44)28(43)18-9-33(18,12-35)13-45-29-26(42)25(41)24(40)21(11-34)46-29/h4,15-27,29,34-42,44H,5-13H2,1-3H3/t15-,16+,17+,18-,19-,20+,21-,22-,23-,24-,25+,26-,27+,29-,30+,31-,32+,33-/m0/s1. The predicted octanol–water partition coefficient (Wildman–Crippen LogP) is -2.03. The van der Waals surface area contributed by atoms with Crippen molar-refractivity contribution in [1.82, 2.24) is 0 Å². The molecule has 5 fully saturated rings. The number of rotatable bonds is 8. The average molecular weight is 657 g/mol. The Labute approximate surface area is 268 Å². The Balaban J connectivity index is 1.20. The van der Waals surface area contributed by atoms with Crippen LogP contribution >= 0.6 is 0 Å². The lowest BCUT2D eigenvalue weighted by molar-refractivity contribution is -0.304. The highest BCUT2D eigenvalue weighted by atomic mass is 16.7. The molecule has 0 radical (unpaired) electrons. The van der Waals surface area contributed by atoms with Crippen LogP contribution in [0.15, 0.2) is 11.6 Å². The van der Waals surface area contributed by atoms with E-state index in [4.69, 9.17) is 9.47 Å². The van der Waals surface area contributed by atoms with Crippen molar-refractivity contribution in [2.45, 2.75) is 120 Å². The molecule has 1 aliphatic heterocycles. The summed E-state index contributed by atoms with van der Waals surface area (Å²) in [5, 5.41) is 107. The van der Waals surface area contributed by atoms with Gasteiger partial charge in [-0.2, -0.15) is 0 Å². The van der Waals surface area contributed by atoms with Gasteiger partial charge in [0, 0.05) is 29.1 Å². The number of Topliss-reactive ketones (excluding diaryl/α,β-unsaturated/α-hetero) is 1. The van der Waals surface area contributed by atoms with E-state index in [2.05, 4.69) is 6.08 Å². The van der Waals surface area contributed by atoms with Crippen LogP contribution in [-0.4, -0.2) is 137 Å². The summed E-state index contributed by atoms with van der Waals surface area (Å²) in [6, 6.07) is 0. The van der Waals surface area contributed by atoms with E-state index in [1.165, 1.54) is 6.92 Å². The Morgan fingerprint density at radius 2 is 1.70 bits per heavy atom. The molecule has 13 heteroatoms. The summed E-state index contributed by atoms with van der Waals surface area (Å²) in [4.78, 5) is 14.1. The second-order valence-corrected chi connectivity index (χ2v) is 16.0. The minimum Gasteiger partial charge on any atom is -0.396 e. The molecule has 0 unspecified atom stereocenters. The predicted molar refractivity (Wildman–Crippen MR) is 158 cm³/mol. The first-order valence-corrected chi connectivity index (χ1v) is 16.7. The Morgan fingerprint density at radius 1 is 1.00 bits per heavy atom. The van der Waals surface area contributed by atoms with Crippen molar-refractivity contribution in [3.63, 3.8) is 0 Å². The highest BCUT2D eigenvalue weighted by molar-refractivity contribution is 5.92. The van der Waals surface area contributed by atoms with Gasteiger partial charge in [0.05, 0.1) is 44.2 Å². The zero-order chi connectivity index (χ0) is 33.7. The Kier molecular flexibility index (Phi) is 8.90.